The lowest BCUT2D eigenvalue weighted by atomic mass is 9.99. The van der Waals surface area contributed by atoms with Crippen LogP contribution in [-0.2, 0) is 14.8 Å². The lowest BCUT2D eigenvalue weighted by Crippen LogP contribution is -3.15. The normalized spacial score (nSPS) is 17.4. The molecule has 0 spiro atoms. The molecule has 1 aromatic carbocycles. The van der Waals surface area contributed by atoms with E-state index in [1.165, 1.54) is 4.31 Å². The van der Waals surface area contributed by atoms with Gasteiger partial charge < -0.3 is 10.2 Å². The summed E-state index contributed by atoms with van der Waals surface area (Å²) in [5.74, 6) is 2.68. The highest BCUT2D eigenvalue weighted by molar-refractivity contribution is 7.89. The molecule has 0 unspecified atom stereocenters. The fraction of sp³-hybridized carbons (Fsp3) is 0.526. The maximum absolute atomic E-state index is 12.8. The van der Waals surface area contributed by atoms with Gasteiger partial charge in [0.1, 0.15) is 0 Å². The van der Waals surface area contributed by atoms with Crippen LogP contribution in [-0.4, -0.2) is 57.9 Å². The van der Waals surface area contributed by atoms with Crippen LogP contribution < -0.4 is 10.2 Å². The Balaban J connectivity index is 1.95. The second kappa shape index (κ2) is 9.17. The van der Waals surface area contributed by atoms with E-state index in [1.54, 1.807) is 12.1 Å². The maximum atomic E-state index is 12.8. The zero-order valence-electron chi connectivity index (χ0n) is 15.5. The topological polar surface area (TPSA) is 70.9 Å². The van der Waals surface area contributed by atoms with Crippen LogP contribution >= 0.6 is 0 Å². The number of carbonyl (C=O) groups excluding carboxylic acids is 1. The Morgan fingerprint density at radius 1 is 1.31 bits per heavy atom. The molecule has 142 valence electrons. The number of piperazine rings is 1. The smallest absolute Gasteiger partial charge is 0.275 e. The number of nitrogens with one attached hydrogen (secondary N) is 2. The van der Waals surface area contributed by atoms with E-state index in [4.69, 9.17) is 6.42 Å². The summed E-state index contributed by atoms with van der Waals surface area (Å²) in [5.41, 5.74) is 1.15. The highest BCUT2D eigenvalue weighted by Crippen LogP contribution is 2.22. The van der Waals surface area contributed by atoms with Gasteiger partial charge in [-0.2, -0.15) is 4.31 Å². The van der Waals surface area contributed by atoms with Crippen molar-refractivity contribution in [2.45, 2.75) is 31.1 Å². The van der Waals surface area contributed by atoms with Gasteiger partial charge in [-0.05, 0) is 30.0 Å². The van der Waals surface area contributed by atoms with Crippen molar-refractivity contribution in [3.8, 4) is 12.3 Å². The van der Waals surface area contributed by atoms with Gasteiger partial charge in [0.05, 0.1) is 37.6 Å². The minimum atomic E-state index is -3.48. The number of sulfonamides is 1. The molecule has 2 rings (SSSR count). The molecule has 0 bridgehead atoms. The van der Waals surface area contributed by atoms with Crippen molar-refractivity contribution < 1.29 is 18.1 Å². The standard InChI is InChI=1S/C19H27N3O3S/c1-4-10-20-19(23)15-21-11-13-22(14-12-21)26(24,25)18-8-6-17(7-9-18)16(3)5-2/h1,6-9,16H,5,10-15H2,2-3H3,(H,20,23)/p+1/t16-/m0/s1. The molecule has 7 heteroatoms. The molecule has 6 nitrogen and oxygen atoms in total. The second-order valence-corrected chi connectivity index (χ2v) is 8.63. The molecule has 26 heavy (non-hydrogen) atoms. The second-order valence-electron chi connectivity index (χ2n) is 6.69. The maximum Gasteiger partial charge on any atom is 0.275 e. The summed E-state index contributed by atoms with van der Waals surface area (Å²) in [4.78, 5) is 13.1. The first-order valence-electron chi connectivity index (χ1n) is 9.02. The zero-order valence-corrected chi connectivity index (χ0v) is 16.3. The molecular formula is C19H28N3O3S+. The van der Waals surface area contributed by atoms with Crippen molar-refractivity contribution in [1.82, 2.24) is 9.62 Å². The summed E-state index contributed by atoms with van der Waals surface area (Å²) >= 11 is 0. The van der Waals surface area contributed by atoms with Gasteiger partial charge in [-0.15, -0.1) is 6.42 Å². The Hall–Kier alpha value is -1.88. The Kier molecular flexibility index (Phi) is 7.21. The van der Waals surface area contributed by atoms with Crippen LogP contribution in [0.5, 0.6) is 0 Å². The minimum absolute atomic E-state index is 0.102. The van der Waals surface area contributed by atoms with Crippen molar-refractivity contribution >= 4 is 15.9 Å². The van der Waals surface area contributed by atoms with Crippen molar-refractivity contribution in [3.05, 3.63) is 29.8 Å². The molecule has 0 radical (unpaired) electrons. The van der Waals surface area contributed by atoms with E-state index in [2.05, 4.69) is 25.1 Å². The van der Waals surface area contributed by atoms with Crippen molar-refractivity contribution in [2.24, 2.45) is 0 Å². The molecule has 0 saturated carbocycles. The van der Waals surface area contributed by atoms with Gasteiger partial charge in [0.25, 0.3) is 5.91 Å². The molecule has 1 fully saturated rings. The molecular weight excluding hydrogens is 350 g/mol. The Morgan fingerprint density at radius 3 is 2.46 bits per heavy atom. The van der Waals surface area contributed by atoms with Crippen LogP contribution in [0.1, 0.15) is 31.7 Å². The van der Waals surface area contributed by atoms with E-state index in [0.717, 1.165) is 16.9 Å². The molecule has 1 heterocycles. The number of terminal acetylenes is 1. The largest absolute Gasteiger partial charge is 0.340 e. The fourth-order valence-corrected chi connectivity index (χ4v) is 4.45. The average molecular weight is 379 g/mol. The van der Waals surface area contributed by atoms with E-state index in [-0.39, 0.29) is 12.5 Å². The van der Waals surface area contributed by atoms with E-state index in [1.807, 2.05) is 12.1 Å². The van der Waals surface area contributed by atoms with E-state index < -0.39 is 10.0 Å². The van der Waals surface area contributed by atoms with Gasteiger partial charge in [0.2, 0.25) is 10.0 Å². The average Bonchev–Trinajstić information content (AvgIpc) is 2.66. The predicted octanol–water partition coefficient (Wildman–Crippen LogP) is -0.161. The third-order valence-electron chi connectivity index (χ3n) is 4.93. The van der Waals surface area contributed by atoms with Gasteiger partial charge in [-0.1, -0.05) is 31.9 Å². The van der Waals surface area contributed by atoms with Crippen LogP contribution in [0.15, 0.2) is 29.2 Å². The number of hydrogen-bond acceptors (Lipinski definition) is 3. The lowest BCUT2D eigenvalue weighted by molar-refractivity contribution is -0.895. The highest BCUT2D eigenvalue weighted by atomic mass is 32.2. The van der Waals surface area contributed by atoms with Crippen LogP contribution in [0, 0.1) is 12.3 Å². The quantitative estimate of drug-likeness (QED) is 0.648. The lowest BCUT2D eigenvalue weighted by Gasteiger charge is -2.31. The zero-order chi connectivity index (χ0) is 19.2. The molecule has 1 aliphatic rings. The summed E-state index contributed by atoms with van der Waals surface area (Å²) in [6.07, 6.45) is 6.14. The Morgan fingerprint density at radius 2 is 1.92 bits per heavy atom. The third-order valence-corrected chi connectivity index (χ3v) is 6.84. The predicted molar refractivity (Wildman–Crippen MR) is 101 cm³/mol. The van der Waals surface area contributed by atoms with Gasteiger partial charge in [-0.3, -0.25) is 4.79 Å². The first kappa shape index (κ1) is 20.4. The molecule has 1 saturated heterocycles. The molecule has 1 amide bonds. The minimum Gasteiger partial charge on any atom is -0.340 e. The van der Waals surface area contributed by atoms with Gasteiger partial charge in [0, 0.05) is 0 Å². The Bertz CT molecular complexity index is 745. The SMILES string of the molecule is C#CCNC(=O)C[NH+]1CCN(S(=O)(=O)c2ccc([C@@H](C)CC)cc2)CC1. The van der Waals surface area contributed by atoms with Gasteiger partial charge >= 0.3 is 0 Å². The molecule has 0 aromatic heterocycles. The summed E-state index contributed by atoms with van der Waals surface area (Å²) in [5, 5.41) is 2.64. The number of carbonyl (C=O) groups is 1. The first-order chi connectivity index (χ1) is 12.4. The van der Waals surface area contributed by atoms with Crippen LogP contribution in [0.4, 0.5) is 0 Å². The van der Waals surface area contributed by atoms with E-state index in [9.17, 15) is 13.2 Å². The van der Waals surface area contributed by atoms with Crippen LogP contribution in [0.3, 0.4) is 0 Å². The first-order valence-corrected chi connectivity index (χ1v) is 10.5. The number of benzene rings is 1. The summed E-state index contributed by atoms with van der Waals surface area (Å²) in [6.45, 7) is 6.81. The third kappa shape index (κ3) is 5.07. The van der Waals surface area contributed by atoms with Gasteiger partial charge in [0.15, 0.2) is 6.54 Å². The monoisotopic (exact) mass is 378 g/mol. The summed E-state index contributed by atoms with van der Waals surface area (Å²) in [7, 11) is -3.48. The fourth-order valence-electron chi connectivity index (χ4n) is 3.01. The number of rotatable bonds is 7. The van der Waals surface area contributed by atoms with Crippen LogP contribution in [0.25, 0.3) is 0 Å². The van der Waals surface area contributed by atoms with E-state index in [0.29, 0.717) is 43.5 Å². The van der Waals surface area contributed by atoms with Gasteiger partial charge in [-0.25, -0.2) is 8.42 Å². The Labute approximate surface area is 156 Å². The summed E-state index contributed by atoms with van der Waals surface area (Å²) < 4.78 is 27.2. The molecule has 1 aliphatic heterocycles. The van der Waals surface area contributed by atoms with Crippen molar-refractivity contribution in [2.75, 3.05) is 39.3 Å². The molecule has 1 atom stereocenters. The molecule has 0 aliphatic carbocycles. The number of amides is 1. The number of quaternary nitrogens is 1. The molecule has 2 N–H and O–H groups in total. The summed E-state index contributed by atoms with van der Waals surface area (Å²) in [6, 6.07) is 7.20. The number of hydrogen-bond donors (Lipinski definition) is 2. The van der Waals surface area contributed by atoms with E-state index >= 15 is 0 Å². The number of nitrogens with zero attached hydrogens (tertiary/aromatic N) is 1. The molecule has 1 aromatic rings. The van der Waals surface area contributed by atoms with Crippen molar-refractivity contribution in [1.29, 1.82) is 0 Å². The highest BCUT2D eigenvalue weighted by Gasteiger charge is 2.31. The van der Waals surface area contributed by atoms with Crippen molar-refractivity contribution in [3.63, 3.8) is 0 Å². The van der Waals surface area contributed by atoms with Crippen LogP contribution in [0.2, 0.25) is 0 Å².